The van der Waals surface area contributed by atoms with Crippen molar-refractivity contribution in [2.75, 3.05) is 50.4 Å². The van der Waals surface area contributed by atoms with Gasteiger partial charge in [-0.05, 0) is 87.9 Å². The number of amides is 2. The summed E-state index contributed by atoms with van der Waals surface area (Å²) in [7, 11) is 0. The van der Waals surface area contributed by atoms with Gasteiger partial charge in [0.1, 0.15) is 11.9 Å². The molecule has 0 bridgehead atoms. The zero-order valence-electron chi connectivity index (χ0n) is 19.1. The van der Waals surface area contributed by atoms with Crippen molar-refractivity contribution in [3.63, 3.8) is 0 Å². The maximum atomic E-state index is 12.7. The van der Waals surface area contributed by atoms with Crippen LogP contribution >= 0.6 is 0 Å². The van der Waals surface area contributed by atoms with Gasteiger partial charge in [0.25, 0.3) is 0 Å². The van der Waals surface area contributed by atoms with Crippen LogP contribution in [0.3, 0.4) is 0 Å². The van der Waals surface area contributed by atoms with E-state index in [9.17, 15) is 14.1 Å². The number of nitrogens with zero attached hydrogens (tertiary/aromatic N) is 3. The molecule has 1 aromatic rings. The Bertz CT molecular complexity index is 755. The fourth-order valence-corrected chi connectivity index (χ4v) is 4.62. The van der Waals surface area contributed by atoms with Crippen LogP contribution in [0.1, 0.15) is 40.0 Å². The summed E-state index contributed by atoms with van der Waals surface area (Å²) in [6.45, 7) is 10.0. The zero-order chi connectivity index (χ0) is 22.6. The van der Waals surface area contributed by atoms with E-state index < -0.39 is 16.8 Å². The van der Waals surface area contributed by atoms with Crippen LogP contribution in [0.15, 0.2) is 29.2 Å². The summed E-state index contributed by atoms with van der Waals surface area (Å²) >= 11 is -1.01. The van der Waals surface area contributed by atoms with E-state index in [0.29, 0.717) is 19.0 Å². The van der Waals surface area contributed by atoms with Gasteiger partial charge in [-0.3, -0.25) is 9.69 Å². The summed E-state index contributed by atoms with van der Waals surface area (Å²) in [5.74, 6) is 0.686. The molecule has 0 N–H and O–H groups in total. The van der Waals surface area contributed by atoms with Crippen molar-refractivity contribution >= 4 is 28.9 Å². The van der Waals surface area contributed by atoms with Crippen LogP contribution in [0.4, 0.5) is 10.5 Å². The molecule has 0 aromatic heterocycles. The molecule has 1 aromatic carbocycles. The van der Waals surface area contributed by atoms with Crippen LogP contribution < -0.4 is 4.90 Å². The lowest BCUT2D eigenvalue weighted by molar-refractivity contribution is -0.121. The van der Waals surface area contributed by atoms with E-state index in [1.807, 2.05) is 54.8 Å². The predicted octanol–water partition coefficient (Wildman–Crippen LogP) is 3.11. The first-order valence-electron chi connectivity index (χ1n) is 11.1. The molecule has 2 amide bonds. The number of piperidine rings is 1. The smallest absolute Gasteiger partial charge is 0.410 e. The Kier molecular flexibility index (Phi) is 7.88. The standard InChI is InChI=1S/C23H35N3O4S/c1-23(2,3)30-22(28)25-13-10-18(11-14-25)9-12-24-15-16-26(21(27)17-24)19-5-7-20(8-6-19)31(4)29/h5-8,18H,9-17H2,1-4H3. The first kappa shape index (κ1) is 23.9. The summed E-state index contributed by atoms with van der Waals surface area (Å²) in [6, 6.07) is 7.41. The lowest BCUT2D eigenvalue weighted by atomic mass is 9.93. The average molecular weight is 450 g/mol. The number of carbonyl (C=O) groups is 2. The largest absolute Gasteiger partial charge is 0.612 e. The lowest BCUT2D eigenvalue weighted by Crippen LogP contribution is -2.51. The Labute approximate surface area is 188 Å². The first-order chi connectivity index (χ1) is 14.6. The third kappa shape index (κ3) is 6.85. The van der Waals surface area contributed by atoms with Crippen LogP contribution in [-0.4, -0.2) is 77.5 Å². The zero-order valence-corrected chi connectivity index (χ0v) is 20.0. The highest BCUT2D eigenvalue weighted by atomic mass is 32.2. The van der Waals surface area contributed by atoms with E-state index in [1.54, 1.807) is 6.26 Å². The fourth-order valence-electron chi connectivity index (χ4n) is 4.10. The summed E-state index contributed by atoms with van der Waals surface area (Å²) < 4.78 is 17.0. The Morgan fingerprint density at radius 3 is 2.32 bits per heavy atom. The molecule has 0 radical (unpaired) electrons. The first-order valence-corrected chi connectivity index (χ1v) is 12.6. The Hall–Kier alpha value is -1.77. The van der Waals surface area contributed by atoms with E-state index in [4.69, 9.17) is 4.74 Å². The van der Waals surface area contributed by atoms with E-state index >= 15 is 0 Å². The molecule has 0 saturated carbocycles. The van der Waals surface area contributed by atoms with Crippen LogP contribution in [-0.2, 0) is 20.7 Å². The van der Waals surface area contributed by atoms with Crippen molar-refractivity contribution in [1.82, 2.24) is 9.80 Å². The van der Waals surface area contributed by atoms with Crippen LogP contribution in [0.5, 0.6) is 0 Å². The van der Waals surface area contributed by atoms with Crippen molar-refractivity contribution in [1.29, 1.82) is 0 Å². The molecule has 2 fully saturated rings. The molecule has 0 spiro atoms. The summed E-state index contributed by atoms with van der Waals surface area (Å²) in [5.41, 5.74) is 0.410. The van der Waals surface area contributed by atoms with Crippen molar-refractivity contribution in [2.45, 2.75) is 50.5 Å². The Morgan fingerprint density at radius 1 is 1.13 bits per heavy atom. The third-order valence-electron chi connectivity index (χ3n) is 5.90. The number of benzene rings is 1. The number of anilines is 1. The maximum absolute atomic E-state index is 12.7. The minimum Gasteiger partial charge on any atom is -0.612 e. The van der Waals surface area contributed by atoms with Gasteiger partial charge in [0.15, 0.2) is 4.90 Å². The van der Waals surface area contributed by atoms with Gasteiger partial charge >= 0.3 is 6.09 Å². The molecule has 1 unspecified atom stereocenters. The average Bonchev–Trinajstić information content (AvgIpc) is 2.71. The molecule has 3 rings (SSSR count). The molecule has 2 aliphatic heterocycles. The molecule has 8 heteroatoms. The van der Waals surface area contributed by atoms with Crippen molar-refractivity contribution < 1.29 is 18.9 Å². The molecule has 0 aliphatic carbocycles. The number of carbonyl (C=O) groups excluding carboxylic acids is 2. The van der Waals surface area contributed by atoms with E-state index in [2.05, 4.69) is 4.90 Å². The van der Waals surface area contributed by atoms with Gasteiger partial charge < -0.3 is 19.1 Å². The van der Waals surface area contributed by atoms with Gasteiger partial charge in [-0.1, -0.05) is 0 Å². The van der Waals surface area contributed by atoms with Crippen LogP contribution in [0, 0.1) is 5.92 Å². The van der Waals surface area contributed by atoms with Gasteiger partial charge in [-0.2, -0.15) is 0 Å². The van der Waals surface area contributed by atoms with Crippen LogP contribution in [0.25, 0.3) is 0 Å². The number of piperazine rings is 1. The molecular weight excluding hydrogens is 414 g/mol. The number of hydrogen-bond donors (Lipinski definition) is 0. The second-order valence-corrected chi connectivity index (χ2v) is 10.8. The van der Waals surface area contributed by atoms with Gasteiger partial charge in [0.05, 0.1) is 6.54 Å². The van der Waals surface area contributed by atoms with Crippen LogP contribution in [0.2, 0.25) is 0 Å². The fraction of sp³-hybridized carbons (Fsp3) is 0.652. The van der Waals surface area contributed by atoms with Gasteiger partial charge in [-0.25, -0.2) is 4.79 Å². The summed E-state index contributed by atoms with van der Waals surface area (Å²) in [4.78, 5) is 31.5. The molecule has 1 atom stereocenters. The number of ether oxygens (including phenoxy) is 1. The van der Waals surface area contributed by atoms with Gasteiger partial charge in [0.2, 0.25) is 5.91 Å². The topological polar surface area (TPSA) is 76.2 Å². The molecular formula is C23H35N3O4S. The Balaban J connectivity index is 1.40. The maximum Gasteiger partial charge on any atom is 0.410 e. The highest BCUT2D eigenvalue weighted by Gasteiger charge is 2.29. The van der Waals surface area contributed by atoms with E-state index in [0.717, 1.165) is 56.0 Å². The second kappa shape index (κ2) is 10.2. The quantitative estimate of drug-likeness (QED) is 0.646. The SMILES string of the molecule is C[S+]([O-])c1ccc(N2CCN(CCC3CCN(C(=O)OC(C)(C)C)CC3)CC2=O)cc1. The molecule has 2 saturated heterocycles. The van der Waals surface area contributed by atoms with Gasteiger partial charge in [0, 0.05) is 31.9 Å². The lowest BCUT2D eigenvalue weighted by Gasteiger charge is -2.36. The highest BCUT2D eigenvalue weighted by molar-refractivity contribution is 7.90. The van der Waals surface area contributed by atoms with Crippen molar-refractivity contribution in [2.24, 2.45) is 5.92 Å². The Morgan fingerprint density at radius 2 is 1.77 bits per heavy atom. The number of rotatable bonds is 5. The molecule has 2 heterocycles. The van der Waals surface area contributed by atoms with Crippen molar-refractivity contribution in [3.8, 4) is 0 Å². The third-order valence-corrected chi connectivity index (χ3v) is 6.84. The van der Waals surface area contributed by atoms with E-state index in [-0.39, 0.29) is 12.0 Å². The minimum atomic E-state index is -1.01. The molecule has 172 valence electrons. The number of hydrogen-bond acceptors (Lipinski definition) is 5. The van der Waals surface area contributed by atoms with Crippen molar-refractivity contribution in [3.05, 3.63) is 24.3 Å². The summed E-state index contributed by atoms with van der Waals surface area (Å²) in [5, 5.41) is 0. The molecule has 31 heavy (non-hydrogen) atoms. The monoisotopic (exact) mass is 449 g/mol. The predicted molar refractivity (Wildman–Crippen MR) is 123 cm³/mol. The highest BCUT2D eigenvalue weighted by Crippen LogP contribution is 2.24. The second-order valence-electron chi connectivity index (χ2n) is 9.47. The minimum absolute atomic E-state index is 0.108. The number of likely N-dealkylation sites (tertiary alicyclic amines) is 1. The molecule has 7 nitrogen and oxygen atoms in total. The normalized spacial score (nSPS) is 20.1. The van der Waals surface area contributed by atoms with Gasteiger partial charge in [-0.15, -0.1) is 0 Å². The molecule has 2 aliphatic rings. The summed E-state index contributed by atoms with van der Waals surface area (Å²) in [6.07, 6.45) is 4.45. The van der Waals surface area contributed by atoms with E-state index in [1.165, 1.54) is 0 Å².